The van der Waals surface area contributed by atoms with Crippen molar-refractivity contribution in [2.24, 2.45) is 5.14 Å². The lowest BCUT2D eigenvalue weighted by atomic mass is 10.1. The van der Waals surface area contributed by atoms with Crippen LogP contribution >= 0.6 is 0 Å². The number of amides is 1. The van der Waals surface area contributed by atoms with E-state index >= 15 is 0 Å². The molecule has 1 saturated heterocycles. The molecule has 2 N–H and O–H groups in total. The highest BCUT2D eigenvalue weighted by molar-refractivity contribution is 7.89. The third-order valence-corrected chi connectivity index (χ3v) is 4.32. The van der Waals surface area contributed by atoms with Crippen molar-refractivity contribution in [2.75, 3.05) is 13.1 Å². The van der Waals surface area contributed by atoms with Crippen molar-refractivity contribution >= 4 is 15.9 Å². The number of carbonyl (C=O) groups is 1. The van der Waals surface area contributed by atoms with E-state index in [1.165, 1.54) is 6.92 Å². The molecule has 1 aliphatic heterocycles. The predicted octanol–water partition coefficient (Wildman–Crippen LogP) is 1.41. The minimum absolute atomic E-state index is 0.0943. The highest BCUT2D eigenvalue weighted by Gasteiger charge is 2.24. The van der Waals surface area contributed by atoms with Gasteiger partial charge in [-0.15, -0.1) is 0 Å². The molecule has 1 heterocycles. The van der Waals surface area contributed by atoms with Crippen LogP contribution in [0.3, 0.4) is 0 Å². The van der Waals surface area contributed by atoms with Gasteiger partial charge >= 0.3 is 0 Å². The Labute approximate surface area is 117 Å². The lowest BCUT2D eigenvalue weighted by Gasteiger charge is -2.27. The van der Waals surface area contributed by atoms with Crippen molar-refractivity contribution in [3.05, 3.63) is 29.1 Å². The first kappa shape index (κ1) is 14.9. The fourth-order valence-corrected chi connectivity index (χ4v) is 2.95. The molecule has 1 aromatic carbocycles. The molecule has 0 aromatic heterocycles. The quantitative estimate of drug-likeness (QED) is 0.896. The Morgan fingerprint density at radius 1 is 1.25 bits per heavy atom. The Morgan fingerprint density at radius 2 is 1.85 bits per heavy atom. The summed E-state index contributed by atoms with van der Waals surface area (Å²) in [5.74, 6) is -1.16. The second kappa shape index (κ2) is 5.49. The Kier molecular flexibility index (Phi) is 4.10. The molecule has 0 aliphatic carbocycles. The van der Waals surface area contributed by atoms with Crippen LogP contribution in [0.4, 0.5) is 4.39 Å². The maximum absolute atomic E-state index is 14.1. The summed E-state index contributed by atoms with van der Waals surface area (Å²) in [4.78, 5) is 13.6. The number of hydrogen-bond acceptors (Lipinski definition) is 3. The van der Waals surface area contributed by atoms with E-state index in [9.17, 15) is 17.6 Å². The average Bonchev–Trinajstić information content (AvgIpc) is 2.40. The fraction of sp³-hybridized carbons (Fsp3) is 0.462. The number of hydrogen-bond donors (Lipinski definition) is 1. The van der Waals surface area contributed by atoms with Crippen LogP contribution in [0.15, 0.2) is 17.0 Å². The molecule has 2 rings (SSSR count). The summed E-state index contributed by atoms with van der Waals surface area (Å²) >= 11 is 0. The van der Waals surface area contributed by atoms with Crippen molar-refractivity contribution in [2.45, 2.75) is 31.1 Å². The topological polar surface area (TPSA) is 80.5 Å². The average molecular weight is 300 g/mol. The van der Waals surface area contributed by atoms with Crippen molar-refractivity contribution in [1.82, 2.24) is 4.90 Å². The van der Waals surface area contributed by atoms with E-state index in [4.69, 9.17) is 5.14 Å². The number of aryl methyl sites for hydroxylation is 1. The molecule has 0 spiro atoms. The molecule has 1 aromatic rings. The Balaban J connectivity index is 2.44. The summed E-state index contributed by atoms with van der Waals surface area (Å²) in [6.45, 7) is 2.55. The minimum atomic E-state index is -3.97. The van der Waals surface area contributed by atoms with Gasteiger partial charge in [-0.25, -0.2) is 17.9 Å². The fourth-order valence-electron chi connectivity index (χ4n) is 2.32. The van der Waals surface area contributed by atoms with E-state index < -0.39 is 21.7 Å². The number of carbonyl (C=O) groups excluding carboxylic acids is 1. The monoisotopic (exact) mass is 300 g/mol. The van der Waals surface area contributed by atoms with Crippen LogP contribution in [-0.2, 0) is 10.0 Å². The summed E-state index contributed by atoms with van der Waals surface area (Å²) in [6.07, 6.45) is 2.80. The Bertz CT molecular complexity index is 637. The number of piperidine rings is 1. The molecule has 1 amide bonds. The molecule has 0 saturated carbocycles. The van der Waals surface area contributed by atoms with Crippen LogP contribution in [0.1, 0.15) is 35.2 Å². The van der Waals surface area contributed by atoms with Gasteiger partial charge in [0.25, 0.3) is 5.91 Å². The first-order valence-electron chi connectivity index (χ1n) is 6.43. The minimum Gasteiger partial charge on any atom is -0.339 e. The van der Waals surface area contributed by atoms with E-state index in [-0.39, 0.29) is 16.0 Å². The van der Waals surface area contributed by atoms with Crippen LogP contribution < -0.4 is 5.14 Å². The summed E-state index contributed by atoms with van der Waals surface area (Å²) in [7, 11) is -3.97. The smallest absolute Gasteiger partial charge is 0.256 e. The number of benzene rings is 1. The van der Waals surface area contributed by atoms with Crippen LogP contribution in [0.5, 0.6) is 0 Å². The maximum Gasteiger partial charge on any atom is 0.256 e. The molecular formula is C13H17FN2O3S. The molecule has 0 radical (unpaired) electrons. The zero-order valence-corrected chi connectivity index (χ0v) is 12.0. The van der Waals surface area contributed by atoms with Gasteiger partial charge in [-0.1, -0.05) is 0 Å². The zero-order chi connectivity index (χ0) is 14.9. The number of likely N-dealkylation sites (tertiary alicyclic amines) is 1. The third kappa shape index (κ3) is 2.99. The molecule has 5 nitrogen and oxygen atoms in total. The van der Waals surface area contributed by atoms with Crippen LogP contribution in [-0.4, -0.2) is 32.3 Å². The van der Waals surface area contributed by atoms with Crippen molar-refractivity contribution in [1.29, 1.82) is 0 Å². The number of primary sulfonamides is 1. The molecule has 7 heteroatoms. The van der Waals surface area contributed by atoms with Gasteiger partial charge in [0.15, 0.2) is 0 Å². The molecule has 110 valence electrons. The van der Waals surface area contributed by atoms with Crippen molar-refractivity contribution in [3.8, 4) is 0 Å². The number of nitrogens with zero attached hydrogens (tertiary/aromatic N) is 1. The molecule has 0 atom stereocenters. The highest BCUT2D eigenvalue weighted by atomic mass is 32.2. The van der Waals surface area contributed by atoms with E-state index in [0.717, 1.165) is 31.4 Å². The lowest BCUT2D eigenvalue weighted by molar-refractivity contribution is 0.0719. The molecule has 0 bridgehead atoms. The summed E-state index contributed by atoms with van der Waals surface area (Å²) in [5, 5.41) is 5.05. The lowest BCUT2D eigenvalue weighted by Crippen LogP contribution is -2.36. The van der Waals surface area contributed by atoms with Gasteiger partial charge in [0.2, 0.25) is 10.0 Å². The normalized spacial score (nSPS) is 16.2. The Hall–Kier alpha value is -1.47. The van der Waals surface area contributed by atoms with Gasteiger partial charge in [0.05, 0.1) is 10.5 Å². The second-order valence-electron chi connectivity index (χ2n) is 5.00. The van der Waals surface area contributed by atoms with Gasteiger partial charge in [0, 0.05) is 13.1 Å². The van der Waals surface area contributed by atoms with Crippen LogP contribution in [0, 0.1) is 12.7 Å². The Morgan fingerprint density at radius 3 is 2.40 bits per heavy atom. The third-order valence-electron chi connectivity index (χ3n) is 3.43. The van der Waals surface area contributed by atoms with E-state index in [0.29, 0.717) is 13.1 Å². The SMILES string of the molecule is Cc1cc(S(N)(=O)=O)cc(C(=O)N2CCCCC2)c1F. The zero-order valence-electron chi connectivity index (χ0n) is 11.2. The first-order chi connectivity index (χ1) is 9.30. The van der Waals surface area contributed by atoms with Gasteiger partial charge in [0.1, 0.15) is 5.82 Å². The van der Waals surface area contributed by atoms with Gasteiger partial charge in [-0.05, 0) is 43.9 Å². The van der Waals surface area contributed by atoms with Gasteiger partial charge in [-0.3, -0.25) is 4.79 Å². The molecule has 0 unspecified atom stereocenters. The summed E-state index contributed by atoms with van der Waals surface area (Å²) < 4.78 is 36.8. The van der Waals surface area contributed by atoms with Crippen LogP contribution in [0.25, 0.3) is 0 Å². The van der Waals surface area contributed by atoms with Gasteiger partial charge in [-0.2, -0.15) is 0 Å². The molecule has 1 aliphatic rings. The number of halogens is 1. The molecule has 1 fully saturated rings. The number of rotatable bonds is 2. The number of nitrogens with two attached hydrogens (primary N) is 1. The predicted molar refractivity (Wildman–Crippen MR) is 72.3 cm³/mol. The van der Waals surface area contributed by atoms with Crippen molar-refractivity contribution in [3.63, 3.8) is 0 Å². The number of sulfonamides is 1. The second-order valence-corrected chi connectivity index (χ2v) is 6.56. The largest absolute Gasteiger partial charge is 0.339 e. The van der Waals surface area contributed by atoms with E-state index in [2.05, 4.69) is 0 Å². The standard InChI is InChI=1S/C13H17FN2O3S/c1-9-7-10(20(15,18)19)8-11(12(9)14)13(17)16-5-3-2-4-6-16/h7-8H,2-6H2,1H3,(H2,15,18,19). The van der Waals surface area contributed by atoms with Gasteiger partial charge < -0.3 is 4.90 Å². The van der Waals surface area contributed by atoms with Crippen LogP contribution in [0.2, 0.25) is 0 Å². The summed E-state index contributed by atoms with van der Waals surface area (Å²) in [5.41, 5.74) is -0.132. The maximum atomic E-state index is 14.1. The highest BCUT2D eigenvalue weighted by Crippen LogP contribution is 2.21. The summed E-state index contributed by atoms with van der Waals surface area (Å²) in [6, 6.07) is 2.16. The van der Waals surface area contributed by atoms with E-state index in [1.807, 2.05) is 0 Å². The first-order valence-corrected chi connectivity index (χ1v) is 7.97. The van der Waals surface area contributed by atoms with E-state index in [1.54, 1.807) is 4.90 Å². The molecule has 20 heavy (non-hydrogen) atoms. The van der Waals surface area contributed by atoms with Crippen molar-refractivity contribution < 1.29 is 17.6 Å². The molecular weight excluding hydrogens is 283 g/mol.